The predicted molar refractivity (Wildman–Crippen MR) is 85.2 cm³/mol. The average molecular weight is 358 g/mol. The Morgan fingerprint density at radius 2 is 1.82 bits per heavy atom. The second-order valence-electron chi connectivity index (χ2n) is 4.60. The summed E-state index contributed by atoms with van der Waals surface area (Å²) in [5.41, 5.74) is 1.52. The zero-order valence-electron chi connectivity index (χ0n) is 11.4. The van der Waals surface area contributed by atoms with Crippen molar-refractivity contribution in [2.75, 3.05) is 5.32 Å². The van der Waals surface area contributed by atoms with E-state index < -0.39 is 6.04 Å². The lowest BCUT2D eigenvalue weighted by molar-refractivity contribution is -0.118. The molecule has 1 N–H and O–H groups in total. The van der Waals surface area contributed by atoms with Gasteiger partial charge in [-0.05, 0) is 40.3 Å². The number of aromatic nitrogens is 4. The Kier molecular flexibility index (Phi) is 4.24. The van der Waals surface area contributed by atoms with E-state index in [1.807, 2.05) is 54.6 Å². The molecule has 3 rings (SSSR count). The van der Waals surface area contributed by atoms with Crippen LogP contribution < -0.4 is 5.32 Å². The van der Waals surface area contributed by atoms with E-state index in [4.69, 9.17) is 0 Å². The van der Waals surface area contributed by atoms with Crippen LogP contribution in [0.2, 0.25) is 0 Å². The summed E-state index contributed by atoms with van der Waals surface area (Å²) in [4.78, 5) is 12.7. The smallest absolute Gasteiger partial charge is 0.253 e. The van der Waals surface area contributed by atoms with Crippen LogP contribution in [0.5, 0.6) is 0 Å². The first kappa shape index (κ1) is 14.4. The van der Waals surface area contributed by atoms with E-state index >= 15 is 0 Å². The highest BCUT2D eigenvalue weighted by atomic mass is 79.9. The lowest BCUT2D eigenvalue weighted by Crippen LogP contribution is -2.27. The number of hydrogen-bond donors (Lipinski definition) is 1. The van der Waals surface area contributed by atoms with Crippen LogP contribution in [0, 0.1) is 0 Å². The lowest BCUT2D eigenvalue weighted by atomic mass is 10.1. The summed E-state index contributed by atoms with van der Waals surface area (Å²) in [7, 11) is 0. The van der Waals surface area contributed by atoms with E-state index in [9.17, 15) is 4.79 Å². The van der Waals surface area contributed by atoms with Crippen molar-refractivity contribution in [1.82, 2.24) is 20.2 Å². The molecule has 0 saturated carbocycles. The van der Waals surface area contributed by atoms with Gasteiger partial charge in [-0.1, -0.05) is 46.3 Å². The fourth-order valence-corrected chi connectivity index (χ4v) is 2.35. The van der Waals surface area contributed by atoms with Crippen molar-refractivity contribution in [1.29, 1.82) is 0 Å². The molecule has 6 nitrogen and oxygen atoms in total. The molecule has 7 heteroatoms. The molecule has 0 aliphatic carbocycles. The van der Waals surface area contributed by atoms with Crippen LogP contribution in [0.3, 0.4) is 0 Å². The lowest BCUT2D eigenvalue weighted by Gasteiger charge is -2.16. The molecule has 3 aromatic rings. The minimum atomic E-state index is -0.625. The number of hydrogen-bond acceptors (Lipinski definition) is 4. The molecule has 0 aliphatic heterocycles. The molecule has 0 radical (unpaired) electrons. The molecule has 2 aromatic carbocycles. The van der Waals surface area contributed by atoms with Crippen LogP contribution in [0.1, 0.15) is 11.6 Å². The van der Waals surface area contributed by atoms with Crippen LogP contribution >= 0.6 is 15.9 Å². The van der Waals surface area contributed by atoms with Gasteiger partial charge in [0.15, 0.2) is 6.04 Å². The van der Waals surface area contributed by atoms with Gasteiger partial charge in [-0.25, -0.2) is 4.68 Å². The fourth-order valence-electron chi connectivity index (χ4n) is 2.09. The zero-order chi connectivity index (χ0) is 15.4. The Morgan fingerprint density at radius 3 is 2.45 bits per heavy atom. The third-order valence-corrected chi connectivity index (χ3v) is 3.63. The molecule has 0 fully saturated rings. The van der Waals surface area contributed by atoms with Gasteiger partial charge in [-0.15, -0.1) is 5.10 Å². The van der Waals surface area contributed by atoms with Crippen LogP contribution in [-0.2, 0) is 4.79 Å². The van der Waals surface area contributed by atoms with Gasteiger partial charge in [0, 0.05) is 10.2 Å². The summed E-state index contributed by atoms with van der Waals surface area (Å²) in [5.74, 6) is -0.208. The van der Waals surface area contributed by atoms with Gasteiger partial charge in [0.05, 0.1) is 0 Å². The summed E-state index contributed by atoms with van der Waals surface area (Å²) in [6.07, 6.45) is 1.43. The molecule has 1 amide bonds. The molecular weight excluding hydrogens is 346 g/mol. The van der Waals surface area contributed by atoms with E-state index in [1.165, 1.54) is 11.0 Å². The van der Waals surface area contributed by atoms with Crippen molar-refractivity contribution in [2.24, 2.45) is 0 Å². The maximum absolute atomic E-state index is 12.7. The van der Waals surface area contributed by atoms with E-state index in [2.05, 4.69) is 36.8 Å². The van der Waals surface area contributed by atoms with Gasteiger partial charge >= 0.3 is 0 Å². The summed E-state index contributed by atoms with van der Waals surface area (Å²) in [5, 5.41) is 14.0. The number of amides is 1. The molecule has 0 spiro atoms. The van der Waals surface area contributed by atoms with Gasteiger partial charge in [0.25, 0.3) is 5.91 Å². The van der Waals surface area contributed by atoms with Gasteiger partial charge in [-0.2, -0.15) is 0 Å². The number of anilines is 1. The Hall–Kier alpha value is -2.54. The minimum Gasteiger partial charge on any atom is -0.324 e. The van der Waals surface area contributed by atoms with E-state index in [-0.39, 0.29) is 5.91 Å². The number of benzene rings is 2. The number of carbonyl (C=O) groups excluding carboxylic acids is 1. The van der Waals surface area contributed by atoms with Crippen molar-refractivity contribution in [2.45, 2.75) is 6.04 Å². The van der Waals surface area contributed by atoms with Crippen molar-refractivity contribution < 1.29 is 4.79 Å². The summed E-state index contributed by atoms with van der Waals surface area (Å²) in [6.45, 7) is 0. The number of nitrogens with zero attached hydrogens (tertiary/aromatic N) is 4. The Labute approximate surface area is 135 Å². The number of nitrogens with one attached hydrogen (secondary N) is 1. The minimum absolute atomic E-state index is 0.208. The largest absolute Gasteiger partial charge is 0.324 e. The van der Waals surface area contributed by atoms with Crippen LogP contribution in [-0.4, -0.2) is 26.1 Å². The number of rotatable bonds is 4. The van der Waals surface area contributed by atoms with Gasteiger partial charge in [-0.3, -0.25) is 4.79 Å². The molecular formula is C15H12BrN5O. The monoisotopic (exact) mass is 357 g/mol. The van der Waals surface area contributed by atoms with Gasteiger partial charge in [0.2, 0.25) is 0 Å². The Balaban J connectivity index is 1.89. The second kappa shape index (κ2) is 6.48. The predicted octanol–water partition coefficient (Wildman–Crippen LogP) is 2.66. The number of tetrazole rings is 1. The Morgan fingerprint density at radius 1 is 1.09 bits per heavy atom. The van der Waals surface area contributed by atoms with E-state index in [0.29, 0.717) is 5.69 Å². The van der Waals surface area contributed by atoms with Crippen molar-refractivity contribution in [3.05, 3.63) is 71.0 Å². The summed E-state index contributed by atoms with van der Waals surface area (Å²) >= 11 is 3.37. The quantitative estimate of drug-likeness (QED) is 0.778. The van der Waals surface area contributed by atoms with Gasteiger partial charge in [0.1, 0.15) is 6.33 Å². The fraction of sp³-hybridized carbons (Fsp3) is 0.0667. The highest BCUT2D eigenvalue weighted by Gasteiger charge is 2.23. The molecule has 1 heterocycles. The maximum atomic E-state index is 12.7. The standard InChI is InChI=1S/C15H12BrN5O/c16-12-6-8-13(9-7-12)18-15(22)14(21-10-17-19-20-21)11-4-2-1-3-5-11/h1-10,14H,(H,18,22)/t14-/m1/s1. The maximum Gasteiger partial charge on any atom is 0.253 e. The molecule has 0 unspecified atom stereocenters. The molecule has 0 aliphatic rings. The van der Waals surface area contributed by atoms with Crippen molar-refractivity contribution >= 4 is 27.5 Å². The first-order chi connectivity index (χ1) is 10.7. The second-order valence-corrected chi connectivity index (χ2v) is 5.51. The normalized spacial score (nSPS) is 11.9. The first-order valence-corrected chi connectivity index (χ1v) is 7.37. The molecule has 22 heavy (non-hydrogen) atoms. The third-order valence-electron chi connectivity index (χ3n) is 3.10. The highest BCUT2D eigenvalue weighted by molar-refractivity contribution is 9.10. The summed E-state index contributed by atoms with van der Waals surface area (Å²) < 4.78 is 2.38. The zero-order valence-corrected chi connectivity index (χ0v) is 13.0. The molecule has 1 atom stereocenters. The van der Waals surface area contributed by atoms with E-state index in [0.717, 1.165) is 10.0 Å². The highest BCUT2D eigenvalue weighted by Crippen LogP contribution is 2.20. The van der Waals surface area contributed by atoms with Crippen molar-refractivity contribution in [3.8, 4) is 0 Å². The number of carbonyl (C=O) groups is 1. The number of halogens is 1. The SMILES string of the molecule is O=C(Nc1ccc(Br)cc1)[C@@H](c1ccccc1)n1cnnn1. The molecule has 0 bridgehead atoms. The summed E-state index contributed by atoms with van der Waals surface area (Å²) in [6, 6.07) is 16.1. The van der Waals surface area contributed by atoms with Gasteiger partial charge < -0.3 is 5.32 Å². The third kappa shape index (κ3) is 3.20. The molecule has 110 valence electrons. The van der Waals surface area contributed by atoms with Crippen LogP contribution in [0.4, 0.5) is 5.69 Å². The molecule has 1 aromatic heterocycles. The van der Waals surface area contributed by atoms with Crippen LogP contribution in [0.15, 0.2) is 65.4 Å². The Bertz CT molecular complexity index is 743. The van der Waals surface area contributed by atoms with Crippen molar-refractivity contribution in [3.63, 3.8) is 0 Å². The topological polar surface area (TPSA) is 72.7 Å². The van der Waals surface area contributed by atoms with E-state index in [1.54, 1.807) is 0 Å². The molecule has 0 saturated heterocycles. The first-order valence-electron chi connectivity index (χ1n) is 6.58. The average Bonchev–Trinajstić information content (AvgIpc) is 3.05. The van der Waals surface area contributed by atoms with Crippen LogP contribution in [0.25, 0.3) is 0 Å².